The number of rotatable bonds is 2. The first-order valence-electron chi connectivity index (χ1n) is 5.92. The molecule has 0 aliphatic carbocycles. The lowest BCUT2D eigenvalue weighted by Gasteiger charge is -2.17. The molecule has 0 spiro atoms. The predicted molar refractivity (Wildman–Crippen MR) is 71.1 cm³/mol. The Morgan fingerprint density at radius 1 is 1.24 bits per heavy atom. The number of hydrogen-bond acceptors (Lipinski definition) is 3. The molecule has 106 valence electrons. The lowest BCUT2D eigenvalue weighted by atomic mass is 10.1. The second kappa shape index (κ2) is 4.89. The summed E-state index contributed by atoms with van der Waals surface area (Å²) in [4.78, 5) is 28.5. The number of halogens is 3. The van der Waals surface area contributed by atoms with Crippen molar-refractivity contribution in [2.24, 2.45) is 0 Å². The average molecular weight is 309 g/mol. The quantitative estimate of drug-likeness (QED) is 0.802. The third-order valence-corrected chi connectivity index (χ3v) is 3.51. The molecule has 1 aromatic carbocycles. The molecule has 1 amide bonds. The summed E-state index contributed by atoms with van der Waals surface area (Å²) in [5, 5.41) is 0.286. The van der Waals surface area contributed by atoms with Crippen LogP contribution < -0.4 is 4.90 Å². The molecule has 1 aliphatic rings. The molecule has 0 atom stereocenters. The minimum absolute atomic E-state index is 0.0958. The van der Waals surface area contributed by atoms with E-state index < -0.39 is 23.3 Å². The topological polar surface area (TPSA) is 50.3 Å². The van der Waals surface area contributed by atoms with Gasteiger partial charge in [0.2, 0.25) is 0 Å². The normalized spacial score (nSPS) is 13.8. The summed E-state index contributed by atoms with van der Waals surface area (Å²) in [6.07, 6.45) is 2.84. The van der Waals surface area contributed by atoms with Crippen molar-refractivity contribution in [1.29, 1.82) is 0 Å². The van der Waals surface area contributed by atoms with Gasteiger partial charge in [-0.3, -0.25) is 19.5 Å². The second-order valence-electron chi connectivity index (χ2n) is 4.47. The fraction of sp³-hybridized carbons (Fsp3) is 0.0714. The minimum atomic E-state index is -0.964. The van der Waals surface area contributed by atoms with Crippen LogP contribution in [0.4, 0.5) is 14.5 Å². The number of carbonyl (C=O) groups is 2. The van der Waals surface area contributed by atoms with Crippen LogP contribution in [-0.2, 0) is 11.3 Å². The number of nitrogens with zero attached hydrogens (tertiary/aromatic N) is 2. The summed E-state index contributed by atoms with van der Waals surface area (Å²) in [5.41, 5.74) is 0.00588. The van der Waals surface area contributed by atoms with Crippen LogP contribution in [-0.4, -0.2) is 16.7 Å². The van der Waals surface area contributed by atoms with E-state index in [0.717, 1.165) is 11.0 Å². The summed E-state index contributed by atoms with van der Waals surface area (Å²) < 4.78 is 27.1. The van der Waals surface area contributed by atoms with Crippen molar-refractivity contribution in [2.45, 2.75) is 6.54 Å². The number of hydrogen-bond donors (Lipinski definition) is 0. The molecule has 0 unspecified atom stereocenters. The van der Waals surface area contributed by atoms with E-state index in [-0.39, 0.29) is 22.8 Å². The van der Waals surface area contributed by atoms with Gasteiger partial charge < -0.3 is 0 Å². The molecule has 21 heavy (non-hydrogen) atoms. The van der Waals surface area contributed by atoms with Crippen LogP contribution >= 0.6 is 11.6 Å². The number of anilines is 1. The molecule has 0 N–H and O–H groups in total. The van der Waals surface area contributed by atoms with Gasteiger partial charge >= 0.3 is 0 Å². The summed E-state index contributed by atoms with van der Waals surface area (Å²) in [5.74, 6) is -3.72. The standard InChI is InChI=1S/C14H7ClF2N2O2/c15-10-5-18-2-1-7(10)6-19-12-9(13(20)14(19)21)3-8(16)4-11(12)17/h1-5H,6H2. The van der Waals surface area contributed by atoms with Gasteiger partial charge in [-0.05, 0) is 17.7 Å². The molecule has 3 rings (SSSR count). The van der Waals surface area contributed by atoms with Crippen molar-refractivity contribution in [3.8, 4) is 0 Å². The Kier molecular flexibility index (Phi) is 3.17. The Hall–Kier alpha value is -2.34. The summed E-state index contributed by atoms with van der Waals surface area (Å²) in [6, 6.07) is 3.04. The number of carbonyl (C=O) groups excluding carboxylic acids is 2. The number of pyridine rings is 1. The first kappa shape index (κ1) is 13.6. The number of benzene rings is 1. The molecule has 1 aromatic heterocycles. The van der Waals surface area contributed by atoms with Gasteiger partial charge in [0, 0.05) is 18.5 Å². The van der Waals surface area contributed by atoms with E-state index in [4.69, 9.17) is 11.6 Å². The second-order valence-corrected chi connectivity index (χ2v) is 4.88. The Balaban J connectivity index is 2.08. The van der Waals surface area contributed by atoms with Gasteiger partial charge in [-0.1, -0.05) is 11.6 Å². The Bertz CT molecular complexity index is 780. The molecule has 0 fully saturated rings. The van der Waals surface area contributed by atoms with E-state index in [2.05, 4.69) is 4.98 Å². The number of ketones is 1. The largest absolute Gasteiger partial charge is 0.299 e. The van der Waals surface area contributed by atoms with E-state index in [1.165, 1.54) is 12.4 Å². The fourth-order valence-electron chi connectivity index (χ4n) is 2.21. The van der Waals surface area contributed by atoms with Crippen molar-refractivity contribution in [1.82, 2.24) is 4.98 Å². The molecule has 0 bridgehead atoms. The highest BCUT2D eigenvalue weighted by molar-refractivity contribution is 6.52. The Morgan fingerprint density at radius 3 is 2.71 bits per heavy atom. The molecular formula is C14H7ClF2N2O2. The zero-order chi connectivity index (χ0) is 15.1. The van der Waals surface area contributed by atoms with Gasteiger partial charge in [0.1, 0.15) is 5.82 Å². The first-order valence-corrected chi connectivity index (χ1v) is 6.30. The Labute approximate surface area is 123 Å². The van der Waals surface area contributed by atoms with Gasteiger partial charge in [-0.2, -0.15) is 0 Å². The first-order chi connectivity index (χ1) is 9.99. The van der Waals surface area contributed by atoms with E-state index in [1.54, 1.807) is 6.07 Å². The third-order valence-electron chi connectivity index (χ3n) is 3.17. The van der Waals surface area contributed by atoms with E-state index >= 15 is 0 Å². The molecule has 4 nitrogen and oxygen atoms in total. The summed E-state index contributed by atoms with van der Waals surface area (Å²) >= 11 is 5.94. The smallest absolute Gasteiger partial charge is 0.297 e. The SMILES string of the molecule is O=C1C(=O)N(Cc2ccncc2Cl)c2c(F)cc(F)cc21. The van der Waals surface area contributed by atoms with Crippen LogP contribution in [0.1, 0.15) is 15.9 Å². The average Bonchev–Trinajstić information content (AvgIpc) is 2.67. The monoisotopic (exact) mass is 308 g/mol. The van der Waals surface area contributed by atoms with Crippen molar-refractivity contribution < 1.29 is 18.4 Å². The van der Waals surface area contributed by atoms with Crippen LogP contribution in [0.3, 0.4) is 0 Å². The van der Waals surface area contributed by atoms with Crippen molar-refractivity contribution in [2.75, 3.05) is 4.90 Å². The number of fused-ring (bicyclic) bond motifs is 1. The van der Waals surface area contributed by atoms with Crippen molar-refractivity contribution in [3.05, 3.63) is 58.4 Å². The molecule has 0 radical (unpaired) electrons. The lowest BCUT2D eigenvalue weighted by molar-refractivity contribution is -0.114. The number of amides is 1. The van der Waals surface area contributed by atoms with Gasteiger partial charge in [0.05, 0.1) is 22.8 Å². The van der Waals surface area contributed by atoms with Crippen LogP contribution in [0.15, 0.2) is 30.6 Å². The van der Waals surface area contributed by atoms with Crippen LogP contribution in [0.25, 0.3) is 0 Å². The van der Waals surface area contributed by atoms with E-state index in [0.29, 0.717) is 11.6 Å². The zero-order valence-corrected chi connectivity index (χ0v) is 11.2. The minimum Gasteiger partial charge on any atom is -0.297 e. The number of aromatic nitrogens is 1. The molecule has 7 heteroatoms. The maximum atomic E-state index is 13.9. The molecule has 0 saturated carbocycles. The van der Waals surface area contributed by atoms with Crippen molar-refractivity contribution in [3.63, 3.8) is 0 Å². The lowest BCUT2D eigenvalue weighted by Crippen LogP contribution is -2.29. The zero-order valence-electron chi connectivity index (χ0n) is 10.4. The number of Topliss-reactive ketones (excluding diaryl/α,β-unsaturated/α-hetero) is 1. The van der Waals surface area contributed by atoms with Crippen LogP contribution in [0.2, 0.25) is 5.02 Å². The highest BCUT2D eigenvalue weighted by Gasteiger charge is 2.38. The van der Waals surface area contributed by atoms with Gasteiger partial charge in [0.15, 0.2) is 5.82 Å². The van der Waals surface area contributed by atoms with Crippen LogP contribution in [0, 0.1) is 11.6 Å². The third kappa shape index (κ3) is 2.17. The van der Waals surface area contributed by atoms with Gasteiger partial charge in [0.25, 0.3) is 11.7 Å². The Morgan fingerprint density at radius 2 is 2.00 bits per heavy atom. The molecular weight excluding hydrogens is 302 g/mol. The highest BCUT2D eigenvalue weighted by Crippen LogP contribution is 2.34. The fourth-order valence-corrected chi connectivity index (χ4v) is 2.39. The summed E-state index contributed by atoms with van der Waals surface area (Å²) in [6.45, 7) is -0.0958. The molecule has 2 aromatic rings. The van der Waals surface area contributed by atoms with Gasteiger partial charge in [-0.25, -0.2) is 8.78 Å². The maximum Gasteiger partial charge on any atom is 0.299 e. The summed E-state index contributed by atoms with van der Waals surface area (Å²) in [7, 11) is 0. The highest BCUT2D eigenvalue weighted by atomic mass is 35.5. The molecule has 0 saturated heterocycles. The maximum absolute atomic E-state index is 13.9. The van der Waals surface area contributed by atoms with Gasteiger partial charge in [-0.15, -0.1) is 0 Å². The van der Waals surface area contributed by atoms with Crippen LogP contribution in [0.5, 0.6) is 0 Å². The van der Waals surface area contributed by atoms with Crippen molar-refractivity contribution >= 4 is 29.0 Å². The predicted octanol–water partition coefficient (Wildman–Crippen LogP) is 2.74. The molecule has 2 heterocycles. The van der Waals surface area contributed by atoms with E-state index in [1.807, 2.05) is 0 Å². The van der Waals surface area contributed by atoms with E-state index in [9.17, 15) is 18.4 Å². The molecule has 1 aliphatic heterocycles.